The molecular weight excluding hydrogens is 559 g/mol. The number of thioether (sulfide) groups is 1. The first kappa shape index (κ1) is 25.0. The van der Waals surface area contributed by atoms with Gasteiger partial charge in [-0.25, -0.2) is 4.39 Å². The molecule has 10 heteroatoms. The molecule has 0 radical (unpaired) electrons. The van der Waals surface area contributed by atoms with Crippen LogP contribution in [0.2, 0.25) is 5.02 Å². The van der Waals surface area contributed by atoms with Crippen molar-refractivity contribution in [1.82, 2.24) is 4.90 Å². The Hall–Kier alpha value is -3.14. The Morgan fingerprint density at radius 1 is 1.09 bits per heavy atom. The minimum atomic E-state index is -0.541. The SMILES string of the molecule is O=C(CN1C(=O)S/C(=C\c2ccc(OCc3ccc(F)cc3)cc2)C1=O)Nc1ccc(Br)c(Cl)c1. The molecule has 1 N–H and O–H groups in total. The highest BCUT2D eigenvalue weighted by Crippen LogP contribution is 2.32. The van der Waals surface area contributed by atoms with Crippen LogP contribution in [0, 0.1) is 5.82 Å². The number of anilines is 1. The van der Waals surface area contributed by atoms with Crippen LogP contribution in [0.5, 0.6) is 5.75 Å². The van der Waals surface area contributed by atoms with E-state index >= 15 is 0 Å². The van der Waals surface area contributed by atoms with Crippen LogP contribution in [0.1, 0.15) is 11.1 Å². The normalized spacial score (nSPS) is 14.5. The fourth-order valence-electron chi connectivity index (χ4n) is 3.11. The minimum absolute atomic E-state index is 0.217. The number of amides is 3. The molecule has 4 rings (SSSR count). The monoisotopic (exact) mass is 574 g/mol. The number of halogens is 3. The van der Waals surface area contributed by atoms with E-state index in [4.69, 9.17) is 16.3 Å². The second-order valence-corrected chi connectivity index (χ2v) is 9.68. The molecule has 3 aromatic carbocycles. The molecule has 0 aromatic heterocycles. The highest BCUT2D eigenvalue weighted by atomic mass is 79.9. The zero-order chi connectivity index (χ0) is 24.9. The molecule has 178 valence electrons. The smallest absolute Gasteiger partial charge is 0.294 e. The molecule has 1 saturated heterocycles. The van der Waals surface area contributed by atoms with Gasteiger partial charge in [0.2, 0.25) is 5.91 Å². The van der Waals surface area contributed by atoms with Crippen LogP contribution in [0.15, 0.2) is 76.1 Å². The lowest BCUT2D eigenvalue weighted by molar-refractivity contribution is -0.127. The molecule has 1 aliphatic rings. The van der Waals surface area contributed by atoms with Crippen molar-refractivity contribution in [3.63, 3.8) is 0 Å². The number of nitrogens with zero attached hydrogens (tertiary/aromatic N) is 1. The molecule has 0 aliphatic carbocycles. The highest BCUT2D eigenvalue weighted by Gasteiger charge is 2.36. The van der Waals surface area contributed by atoms with Gasteiger partial charge in [-0.15, -0.1) is 0 Å². The summed E-state index contributed by atoms with van der Waals surface area (Å²) in [7, 11) is 0. The second-order valence-electron chi connectivity index (χ2n) is 7.43. The average molecular weight is 576 g/mol. The summed E-state index contributed by atoms with van der Waals surface area (Å²) in [5.74, 6) is -0.767. The third-order valence-corrected chi connectivity index (χ3v) is 7.02. The largest absolute Gasteiger partial charge is 0.489 e. The van der Waals surface area contributed by atoms with Crippen LogP contribution in [-0.2, 0) is 16.2 Å². The van der Waals surface area contributed by atoms with Crippen LogP contribution < -0.4 is 10.1 Å². The third kappa shape index (κ3) is 6.50. The maximum Gasteiger partial charge on any atom is 0.294 e. The summed E-state index contributed by atoms with van der Waals surface area (Å²) in [6, 6.07) is 17.9. The second kappa shape index (κ2) is 11.1. The van der Waals surface area contributed by atoms with Crippen molar-refractivity contribution in [2.45, 2.75) is 6.61 Å². The zero-order valence-corrected chi connectivity index (χ0v) is 21.1. The number of ether oxygens (including phenoxy) is 1. The van der Waals surface area contributed by atoms with Gasteiger partial charge in [-0.3, -0.25) is 19.3 Å². The fraction of sp³-hybridized carbons (Fsp3) is 0.0800. The number of rotatable bonds is 7. The first-order chi connectivity index (χ1) is 16.8. The fourth-order valence-corrected chi connectivity index (χ4v) is 4.38. The van der Waals surface area contributed by atoms with Crippen molar-refractivity contribution >= 4 is 68.1 Å². The van der Waals surface area contributed by atoms with E-state index in [1.165, 1.54) is 12.1 Å². The topological polar surface area (TPSA) is 75.7 Å². The number of carbonyl (C=O) groups excluding carboxylic acids is 3. The van der Waals surface area contributed by atoms with Gasteiger partial charge in [0.1, 0.15) is 24.7 Å². The summed E-state index contributed by atoms with van der Waals surface area (Å²) < 4.78 is 19.4. The number of hydrogen-bond acceptors (Lipinski definition) is 5. The van der Waals surface area contributed by atoms with E-state index in [2.05, 4.69) is 21.2 Å². The molecule has 0 unspecified atom stereocenters. The van der Waals surface area contributed by atoms with E-state index < -0.39 is 23.6 Å². The van der Waals surface area contributed by atoms with Crippen LogP contribution in [0.25, 0.3) is 6.08 Å². The number of carbonyl (C=O) groups is 3. The van der Waals surface area contributed by atoms with E-state index in [1.807, 2.05) is 0 Å². The number of hydrogen-bond donors (Lipinski definition) is 1. The van der Waals surface area contributed by atoms with Gasteiger partial charge in [0.15, 0.2) is 0 Å². The van der Waals surface area contributed by atoms with Gasteiger partial charge < -0.3 is 10.1 Å². The molecule has 35 heavy (non-hydrogen) atoms. The Kier molecular flexibility index (Phi) is 7.90. The molecule has 1 aliphatic heterocycles. The van der Waals surface area contributed by atoms with Crippen LogP contribution in [0.4, 0.5) is 14.9 Å². The minimum Gasteiger partial charge on any atom is -0.489 e. The first-order valence-corrected chi connectivity index (χ1v) is 12.2. The zero-order valence-electron chi connectivity index (χ0n) is 18.0. The molecule has 0 atom stereocenters. The van der Waals surface area contributed by atoms with Gasteiger partial charge in [-0.2, -0.15) is 0 Å². The summed E-state index contributed by atoms with van der Waals surface area (Å²) in [5.41, 5.74) is 1.97. The summed E-state index contributed by atoms with van der Waals surface area (Å²) >= 11 is 10.1. The van der Waals surface area contributed by atoms with Crippen LogP contribution in [0.3, 0.4) is 0 Å². The number of nitrogens with one attached hydrogen (secondary N) is 1. The molecule has 0 bridgehead atoms. The van der Waals surface area contributed by atoms with Crippen molar-refractivity contribution in [2.24, 2.45) is 0 Å². The Morgan fingerprint density at radius 3 is 2.49 bits per heavy atom. The average Bonchev–Trinajstić information content (AvgIpc) is 3.09. The Morgan fingerprint density at radius 2 is 1.80 bits per heavy atom. The predicted molar refractivity (Wildman–Crippen MR) is 138 cm³/mol. The first-order valence-electron chi connectivity index (χ1n) is 10.3. The molecule has 3 amide bonds. The number of imide groups is 1. The van der Waals surface area contributed by atoms with Crippen molar-refractivity contribution in [3.8, 4) is 5.75 Å². The summed E-state index contributed by atoms with van der Waals surface area (Å²) in [6.07, 6.45) is 1.58. The van der Waals surface area contributed by atoms with E-state index in [-0.39, 0.29) is 17.3 Å². The molecule has 0 spiro atoms. The van der Waals surface area contributed by atoms with E-state index in [1.54, 1.807) is 60.7 Å². The van der Waals surface area contributed by atoms with Gasteiger partial charge in [0, 0.05) is 10.2 Å². The number of benzene rings is 3. The molecule has 0 saturated carbocycles. The van der Waals surface area contributed by atoms with Crippen molar-refractivity contribution in [2.75, 3.05) is 11.9 Å². The standard InChI is InChI=1S/C25H17BrClFN2O4S/c26-20-10-7-18(12-21(20)27)29-23(31)13-30-24(32)22(35-25(30)33)11-15-3-8-19(9-4-15)34-14-16-1-5-17(28)6-2-16/h1-12H,13-14H2,(H,29,31)/b22-11-. The molecular formula is C25H17BrClFN2O4S. The van der Waals surface area contributed by atoms with Crippen molar-refractivity contribution < 1.29 is 23.5 Å². The third-order valence-electron chi connectivity index (χ3n) is 4.88. The molecule has 3 aromatic rings. The van der Waals surface area contributed by atoms with E-state index in [0.717, 1.165) is 22.2 Å². The Labute approximate surface area is 218 Å². The lowest BCUT2D eigenvalue weighted by Crippen LogP contribution is -2.36. The molecule has 1 fully saturated rings. The van der Waals surface area contributed by atoms with Crippen molar-refractivity contribution in [1.29, 1.82) is 0 Å². The van der Waals surface area contributed by atoms with E-state index in [0.29, 0.717) is 26.5 Å². The highest BCUT2D eigenvalue weighted by molar-refractivity contribution is 9.10. The summed E-state index contributed by atoms with van der Waals surface area (Å²) in [6.45, 7) is -0.126. The van der Waals surface area contributed by atoms with Crippen molar-refractivity contribution in [3.05, 3.63) is 98.1 Å². The maximum atomic E-state index is 13.0. The Bertz CT molecular complexity index is 1320. The van der Waals surface area contributed by atoms with Gasteiger partial charge in [0.05, 0.1) is 9.93 Å². The molecule has 1 heterocycles. The quantitative estimate of drug-likeness (QED) is 0.326. The summed E-state index contributed by atoms with van der Waals surface area (Å²) in [5, 5.41) is 2.52. The predicted octanol–water partition coefficient (Wildman–Crippen LogP) is 6.50. The lowest BCUT2D eigenvalue weighted by Gasteiger charge is -2.12. The van der Waals surface area contributed by atoms with Gasteiger partial charge in [-0.1, -0.05) is 35.9 Å². The van der Waals surface area contributed by atoms with Gasteiger partial charge in [0.25, 0.3) is 11.1 Å². The molecule has 6 nitrogen and oxygen atoms in total. The van der Waals surface area contributed by atoms with E-state index in [9.17, 15) is 18.8 Å². The maximum absolute atomic E-state index is 13.0. The lowest BCUT2D eigenvalue weighted by atomic mass is 10.2. The van der Waals surface area contributed by atoms with Crippen LogP contribution >= 0.6 is 39.3 Å². The Balaban J connectivity index is 1.35. The van der Waals surface area contributed by atoms with Gasteiger partial charge in [-0.05, 0) is 87.4 Å². The van der Waals surface area contributed by atoms with Crippen LogP contribution in [-0.4, -0.2) is 28.5 Å². The van der Waals surface area contributed by atoms with Gasteiger partial charge >= 0.3 is 0 Å². The summed E-state index contributed by atoms with van der Waals surface area (Å²) in [4.78, 5) is 38.5.